The van der Waals surface area contributed by atoms with Crippen molar-refractivity contribution >= 4 is 11.8 Å². The second kappa shape index (κ2) is 7.99. The lowest BCUT2D eigenvalue weighted by Crippen LogP contribution is -2.39. The molecular formula is C20H24N6O. The van der Waals surface area contributed by atoms with Crippen LogP contribution < -0.4 is 5.32 Å². The Kier molecular flexibility index (Phi) is 5.49. The quantitative estimate of drug-likeness (QED) is 0.754. The molecular weight excluding hydrogens is 340 g/mol. The largest absolute Gasteiger partial charge is 0.324 e. The lowest BCUT2D eigenvalue weighted by atomic mass is 10.1. The van der Waals surface area contributed by atoms with Gasteiger partial charge in [-0.05, 0) is 43.7 Å². The van der Waals surface area contributed by atoms with Gasteiger partial charge in [-0.2, -0.15) is 5.10 Å². The Morgan fingerprint density at radius 2 is 2.00 bits per heavy atom. The Morgan fingerprint density at radius 1 is 1.19 bits per heavy atom. The molecule has 2 amide bonds. The Morgan fingerprint density at radius 3 is 2.70 bits per heavy atom. The van der Waals surface area contributed by atoms with E-state index in [1.54, 1.807) is 36.1 Å². The number of aromatic nitrogens is 4. The van der Waals surface area contributed by atoms with Gasteiger partial charge in [0.15, 0.2) is 0 Å². The van der Waals surface area contributed by atoms with Crippen molar-refractivity contribution < 1.29 is 4.79 Å². The molecule has 3 aromatic heterocycles. The van der Waals surface area contributed by atoms with Gasteiger partial charge in [0.2, 0.25) is 0 Å². The number of pyridine rings is 2. The summed E-state index contributed by atoms with van der Waals surface area (Å²) in [4.78, 5) is 23.0. The molecule has 0 saturated carbocycles. The summed E-state index contributed by atoms with van der Waals surface area (Å²) in [5, 5.41) is 7.34. The van der Waals surface area contributed by atoms with Gasteiger partial charge < -0.3 is 4.90 Å². The van der Waals surface area contributed by atoms with Gasteiger partial charge in [-0.1, -0.05) is 6.07 Å². The van der Waals surface area contributed by atoms with Crippen molar-refractivity contribution in [2.75, 3.05) is 12.4 Å². The lowest BCUT2D eigenvalue weighted by Gasteiger charge is -2.25. The van der Waals surface area contributed by atoms with E-state index in [2.05, 4.69) is 20.4 Å². The van der Waals surface area contributed by atoms with Crippen LogP contribution in [0.4, 0.5) is 10.6 Å². The summed E-state index contributed by atoms with van der Waals surface area (Å²) in [5.41, 5.74) is 3.62. The molecule has 3 aromatic rings. The molecule has 27 heavy (non-hydrogen) atoms. The zero-order valence-electron chi connectivity index (χ0n) is 16.0. The summed E-state index contributed by atoms with van der Waals surface area (Å²) in [6, 6.07) is 11.3. The minimum Gasteiger partial charge on any atom is -0.324 e. The third kappa shape index (κ3) is 4.49. The van der Waals surface area contributed by atoms with Crippen LogP contribution in [0.3, 0.4) is 0 Å². The maximum Gasteiger partial charge on any atom is 0.322 e. The first-order chi connectivity index (χ1) is 12.9. The smallest absolute Gasteiger partial charge is 0.322 e. The molecule has 0 spiro atoms. The van der Waals surface area contributed by atoms with Gasteiger partial charge in [-0.3, -0.25) is 20.0 Å². The van der Waals surface area contributed by atoms with Gasteiger partial charge in [0.25, 0.3) is 0 Å². The van der Waals surface area contributed by atoms with Crippen LogP contribution in [-0.2, 0) is 13.5 Å². The Labute approximate surface area is 159 Å². The molecule has 0 bridgehead atoms. The van der Waals surface area contributed by atoms with Gasteiger partial charge in [-0.25, -0.2) is 4.79 Å². The lowest BCUT2D eigenvalue weighted by molar-refractivity contribution is 0.207. The highest BCUT2D eigenvalue weighted by atomic mass is 16.2. The summed E-state index contributed by atoms with van der Waals surface area (Å²) in [7, 11) is 3.58. The number of rotatable bonds is 5. The molecule has 0 aliphatic carbocycles. The van der Waals surface area contributed by atoms with E-state index < -0.39 is 0 Å². The molecule has 0 aliphatic heterocycles. The second-order valence-corrected chi connectivity index (χ2v) is 6.67. The van der Waals surface area contributed by atoms with Crippen molar-refractivity contribution in [3.05, 3.63) is 60.0 Å². The highest BCUT2D eigenvalue weighted by Crippen LogP contribution is 2.19. The van der Waals surface area contributed by atoms with Gasteiger partial charge >= 0.3 is 6.03 Å². The molecule has 0 unspecified atom stereocenters. The number of nitrogens with one attached hydrogen (secondary N) is 1. The Balaban J connectivity index is 1.67. The highest BCUT2D eigenvalue weighted by molar-refractivity contribution is 5.89. The van der Waals surface area contributed by atoms with Crippen LogP contribution >= 0.6 is 0 Å². The third-order valence-electron chi connectivity index (χ3n) is 4.50. The third-order valence-corrected chi connectivity index (χ3v) is 4.50. The van der Waals surface area contributed by atoms with Crippen molar-refractivity contribution in [1.82, 2.24) is 24.6 Å². The average molecular weight is 364 g/mol. The fourth-order valence-corrected chi connectivity index (χ4v) is 2.77. The van der Waals surface area contributed by atoms with Crippen LogP contribution in [0, 0.1) is 6.92 Å². The molecule has 0 saturated heterocycles. The first kappa shape index (κ1) is 18.6. The van der Waals surface area contributed by atoms with Crippen LogP contribution in [0.1, 0.15) is 18.2 Å². The molecule has 3 rings (SSSR count). The van der Waals surface area contributed by atoms with Crippen molar-refractivity contribution in [3.8, 4) is 11.4 Å². The summed E-state index contributed by atoms with van der Waals surface area (Å²) < 4.78 is 1.64. The minimum atomic E-state index is -0.189. The number of anilines is 1. The van der Waals surface area contributed by atoms with Gasteiger partial charge in [-0.15, -0.1) is 0 Å². The van der Waals surface area contributed by atoms with E-state index in [1.807, 2.05) is 50.2 Å². The van der Waals surface area contributed by atoms with Gasteiger partial charge in [0.1, 0.15) is 11.5 Å². The second-order valence-electron chi connectivity index (χ2n) is 6.67. The molecule has 1 N–H and O–H groups in total. The van der Waals surface area contributed by atoms with Crippen molar-refractivity contribution in [1.29, 1.82) is 0 Å². The van der Waals surface area contributed by atoms with Crippen molar-refractivity contribution in [2.24, 2.45) is 7.05 Å². The molecule has 7 nitrogen and oxygen atoms in total. The number of amides is 2. The summed E-state index contributed by atoms with van der Waals surface area (Å²) in [6.07, 6.45) is 4.21. The molecule has 0 aromatic carbocycles. The summed E-state index contributed by atoms with van der Waals surface area (Å²) >= 11 is 0. The summed E-state index contributed by atoms with van der Waals surface area (Å²) in [5.74, 6) is 0.619. The number of hydrogen-bond donors (Lipinski definition) is 1. The molecule has 0 radical (unpaired) electrons. The number of carbonyl (C=O) groups excluding carboxylic acids is 1. The number of nitrogens with zero attached hydrogens (tertiary/aromatic N) is 5. The fourth-order valence-electron chi connectivity index (χ4n) is 2.77. The monoisotopic (exact) mass is 364 g/mol. The standard InChI is InChI=1S/C20H24N6O/c1-14-8-10-21-16(11-14)12-15(2)25(3)20(27)23-19-13-18(24-26(19)4)17-7-5-6-9-22-17/h5-11,13,15H,12H2,1-4H3,(H,23,27)/t15-/m0/s1. The molecule has 3 heterocycles. The maximum atomic E-state index is 12.6. The van der Waals surface area contributed by atoms with E-state index in [9.17, 15) is 4.79 Å². The minimum absolute atomic E-state index is 0.00258. The number of hydrogen-bond acceptors (Lipinski definition) is 4. The fraction of sp³-hybridized carbons (Fsp3) is 0.300. The van der Waals surface area contributed by atoms with E-state index in [-0.39, 0.29) is 12.1 Å². The first-order valence-corrected chi connectivity index (χ1v) is 8.85. The molecule has 0 fully saturated rings. The highest BCUT2D eigenvalue weighted by Gasteiger charge is 2.19. The number of carbonyl (C=O) groups is 1. The zero-order valence-corrected chi connectivity index (χ0v) is 16.0. The molecule has 140 valence electrons. The summed E-state index contributed by atoms with van der Waals surface area (Å²) in [6.45, 7) is 4.04. The van der Waals surface area contributed by atoms with Crippen molar-refractivity contribution in [3.63, 3.8) is 0 Å². The van der Waals surface area contributed by atoms with E-state index >= 15 is 0 Å². The van der Waals surface area contributed by atoms with Crippen molar-refractivity contribution in [2.45, 2.75) is 26.3 Å². The Bertz CT molecular complexity index is 921. The van der Waals surface area contributed by atoms with Crippen LogP contribution in [0.15, 0.2) is 48.8 Å². The first-order valence-electron chi connectivity index (χ1n) is 8.85. The number of urea groups is 1. The van der Waals surface area contributed by atoms with E-state index in [0.29, 0.717) is 17.9 Å². The van der Waals surface area contributed by atoms with E-state index in [0.717, 1.165) is 17.0 Å². The van der Waals surface area contributed by atoms with Crippen LogP contribution in [-0.4, -0.2) is 43.8 Å². The van der Waals surface area contributed by atoms with Crippen LogP contribution in [0.25, 0.3) is 11.4 Å². The SMILES string of the molecule is Cc1ccnc(C[C@H](C)N(C)C(=O)Nc2cc(-c3ccccn3)nn2C)c1. The van der Waals surface area contributed by atoms with Gasteiger partial charge in [0.05, 0.1) is 5.69 Å². The average Bonchev–Trinajstić information content (AvgIpc) is 3.02. The molecule has 0 aliphatic rings. The molecule has 7 heteroatoms. The Hall–Kier alpha value is -3.22. The number of aryl methyl sites for hydroxylation is 2. The van der Waals surface area contributed by atoms with Crippen LogP contribution in [0.5, 0.6) is 0 Å². The van der Waals surface area contributed by atoms with E-state index in [4.69, 9.17) is 0 Å². The normalized spacial score (nSPS) is 11.9. The maximum absolute atomic E-state index is 12.6. The predicted molar refractivity (Wildman–Crippen MR) is 105 cm³/mol. The van der Waals surface area contributed by atoms with E-state index in [1.165, 1.54) is 0 Å². The predicted octanol–water partition coefficient (Wildman–Crippen LogP) is 3.28. The number of likely N-dealkylation sites (N-methyl/N-ethyl adjacent to an activating group) is 1. The van der Waals surface area contributed by atoms with Gasteiger partial charge in [0, 0.05) is 50.7 Å². The molecule has 1 atom stereocenters. The topological polar surface area (TPSA) is 75.9 Å². The zero-order chi connectivity index (χ0) is 19.4. The van der Waals surface area contributed by atoms with Crippen LogP contribution in [0.2, 0.25) is 0 Å².